The molecule has 19 heavy (non-hydrogen) atoms. The molecule has 0 spiro atoms. The number of rotatable bonds is 2. The van der Waals surface area contributed by atoms with Crippen LogP contribution in [0.3, 0.4) is 0 Å². The zero-order valence-electron chi connectivity index (χ0n) is 10.7. The molecule has 1 aromatic heterocycles. The largest absolute Gasteiger partial charge is 0.310 e. The Labute approximate surface area is 111 Å². The van der Waals surface area contributed by atoms with Gasteiger partial charge in [-0.25, -0.2) is 4.98 Å². The van der Waals surface area contributed by atoms with E-state index in [-0.39, 0.29) is 5.92 Å². The molecule has 1 fully saturated rings. The first-order chi connectivity index (χ1) is 9.28. The van der Waals surface area contributed by atoms with Crippen LogP contribution >= 0.6 is 0 Å². The number of hydrogen-bond donors (Lipinski definition) is 1. The van der Waals surface area contributed by atoms with Gasteiger partial charge in [0, 0.05) is 24.6 Å². The number of nitrogens with zero attached hydrogens (tertiary/aromatic N) is 4. The van der Waals surface area contributed by atoms with Gasteiger partial charge in [-0.15, -0.1) is 0 Å². The monoisotopic (exact) mass is 253 g/mol. The molecule has 2 aromatic rings. The van der Waals surface area contributed by atoms with Crippen LogP contribution in [0.25, 0.3) is 11.4 Å². The first kappa shape index (κ1) is 11.7. The number of likely N-dealkylation sites (tertiary alicyclic amines) is 1. The highest BCUT2D eigenvalue weighted by Crippen LogP contribution is 2.30. The van der Waals surface area contributed by atoms with Gasteiger partial charge in [-0.3, -0.25) is 5.10 Å². The Hall–Kier alpha value is -2.35. The maximum atomic E-state index is 8.96. The van der Waals surface area contributed by atoms with Crippen LogP contribution in [0.2, 0.25) is 0 Å². The van der Waals surface area contributed by atoms with E-state index in [1.54, 1.807) is 4.90 Å². The highest BCUT2D eigenvalue weighted by Gasteiger charge is 2.32. The van der Waals surface area contributed by atoms with Crippen LogP contribution in [0, 0.1) is 17.4 Å². The van der Waals surface area contributed by atoms with Crippen LogP contribution < -0.4 is 0 Å². The van der Waals surface area contributed by atoms with E-state index in [2.05, 4.69) is 28.3 Å². The smallest absolute Gasteiger partial charge is 0.181 e. The Morgan fingerprint density at radius 3 is 2.79 bits per heavy atom. The molecule has 0 unspecified atom stereocenters. The molecule has 96 valence electrons. The third kappa shape index (κ3) is 2.17. The Balaban J connectivity index is 1.85. The Kier molecular flexibility index (Phi) is 2.92. The van der Waals surface area contributed by atoms with Crippen molar-refractivity contribution in [2.75, 3.05) is 13.1 Å². The normalized spacial score (nSPS) is 22.4. The SMILES string of the molecule is C[C@H]1CN(C#N)C[C@@H]1c1nc(-c2ccccc2)n[nH]1. The highest BCUT2D eigenvalue weighted by molar-refractivity contribution is 5.53. The molecule has 3 rings (SSSR count). The van der Waals surface area contributed by atoms with E-state index in [4.69, 9.17) is 5.26 Å². The van der Waals surface area contributed by atoms with Crippen molar-refractivity contribution in [1.82, 2.24) is 20.1 Å². The summed E-state index contributed by atoms with van der Waals surface area (Å²) in [6.07, 6.45) is 2.20. The van der Waals surface area contributed by atoms with Crippen LogP contribution in [0.4, 0.5) is 0 Å². The quantitative estimate of drug-likeness (QED) is 0.831. The third-order valence-electron chi connectivity index (χ3n) is 3.64. The van der Waals surface area contributed by atoms with Gasteiger partial charge in [0.1, 0.15) is 5.82 Å². The van der Waals surface area contributed by atoms with Crippen molar-refractivity contribution in [2.24, 2.45) is 5.92 Å². The molecule has 1 aliphatic rings. The molecule has 1 N–H and O–H groups in total. The summed E-state index contributed by atoms with van der Waals surface area (Å²) in [7, 11) is 0. The van der Waals surface area contributed by atoms with Gasteiger partial charge < -0.3 is 4.90 Å². The molecular weight excluding hydrogens is 238 g/mol. The van der Waals surface area contributed by atoms with Gasteiger partial charge in [-0.05, 0) is 5.92 Å². The van der Waals surface area contributed by atoms with E-state index in [9.17, 15) is 0 Å². The molecule has 2 atom stereocenters. The van der Waals surface area contributed by atoms with Crippen molar-refractivity contribution in [1.29, 1.82) is 5.26 Å². The summed E-state index contributed by atoms with van der Waals surface area (Å²) in [5, 5.41) is 16.3. The number of nitriles is 1. The van der Waals surface area contributed by atoms with Crippen molar-refractivity contribution in [3.8, 4) is 17.6 Å². The second-order valence-electron chi connectivity index (χ2n) is 5.00. The minimum Gasteiger partial charge on any atom is -0.310 e. The fraction of sp³-hybridized carbons (Fsp3) is 0.357. The van der Waals surface area contributed by atoms with Crippen LogP contribution in [0.5, 0.6) is 0 Å². The number of nitrogens with one attached hydrogen (secondary N) is 1. The lowest BCUT2D eigenvalue weighted by Crippen LogP contribution is -2.13. The molecule has 0 radical (unpaired) electrons. The predicted octanol–water partition coefficient (Wildman–Crippen LogP) is 1.99. The number of aromatic nitrogens is 3. The lowest BCUT2D eigenvalue weighted by Gasteiger charge is -2.08. The topological polar surface area (TPSA) is 68.6 Å². The average Bonchev–Trinajstić information content (AvgIpc) is 3.06. The van der Waals surface area contributed by atoms with E-state index in [1.165, 1.54) is 0 Å². The maximum Gasteiger partial charge on any atom is 0.181 e. The third-order valence-corrected chi connectivity index (χ3v) is 3.64. The lowest BCUT2D eigenvalue weighted by molar-refractivity contribution is 0.465. The highest BCUT2D eigenvalue weighted by atomic mass is 15.2. The molecule has 1 aliphatic heterocycles. The maximum absolute atomic E-state index is 8.96. The Morgan fingerprint density at radius 1 is 1.32 bits per heavy atom. The van der Waals surface area contributed by atoms with E-state index in [0.29, 0.717) is 5.92 Å². The summed E-state index contributed by atoms with van der Waals surface area (Å²) in [5.74, 6) is 2.27. The van der Waals surface area contributed by atoms with Gasteiger partial charge in [0.05, 0.1) is 0 Å². The van der Waals surface area contributed by atoms with Gasteiger partial charge in [0.25, 0.3) is 0 Å². The minimum absolute atomic E-state index is 0.254. The lowest BCUT2D eigenvalue weighted by atomic mass is 9.98. The van der Waals surface area contributed by atoms with Crippen LogP contribution in [-0.4, -0.2) is 33.2 Å². The van der Waals surface area contributed by atoms with Gasteiger partial charge in [0.2, 0.25) is 0 Å². The fourth-order valence-electron chi connectivity index (χ4n) is 2.56. The zero-order valence-corrected chi connectivity index (χ0v) is 10.7. The summed E-state index contributed by atoms with van der Waals surface area (Å²) in [4.78, 5) is 6.36. The van der Waals surface area contributed by atoms with Crippen molar-refractivity contribution in [3.63, 3.8) is 0 Å². The molecule has 1 saturated heterocycles. The average molecular weight is 253 g/mol. The van der Waals surface area contributed by atoms with Crippen molar-refractivity contribution in [3.05, 3.63) is 36.2 Å². The van der Waals surface area contributed by atoms with Gasteiger partial charge in [-0.2, -0.15) is 10.4 Å². The number of H-pyrrole nitrogens is 1. The first-order valence-corrected chi connectivity index (χ1v) is 6.40. The van der Waals surface area contributed by atoms with E-state index >= 15 is 0 Å². The minimum atomic E-state index is 0.254. The molecule has 5 heteroatoms. The standard InChI is InChI=1S/C14H15N5/c1-10-7-19(9-15)8-12(10)14-16-13(17-18-14)11-5-3-2-4-6-11/h2-6,10,12H,7-8H2,1H3,(H,16,17,18)/t10-,12-/m0/s1. The Morgan fingerprint density at radius 2 is 2.11 bits per heavy atom. The van der Waals surface area contributed by atoms with Crippen LogP contribution in [0.15, 0.2) is 30.3 Å². The summed E-state index contributed by atoms with van der Waals surface area (Å²) < 4.78 is 0. The van der Waals surface area contributed by atoms with E-state index in [0.717, 1.165) is 30.3 Å². The number of hydrogen-bond acceptors (Lipinski definition) is 4. The fourth-order valence-corrected chi connectivity index (χ4v) is 2.56. The molecular formula is C14H15N5. The molecule has 0 aliphatic carbocycles. The number of aromatic amines is 1. The second-order valence-corrected chi connectivity index (χ2v) is 5.00. The molecule has 0 amide bonds. The summed E-state index contributed by atoms with van der Waals surface area (Å²) in [6.45, 7) is 3.66. The summed E-state index contributed by atoms with van der Waals surface area (Å²) in [6, 6.07) is 9.90. The Bertz CT molecular complexity index is 598. The van der Waals surface area contributed by atoms with Gasteiger partial charge >= 0.3 is 0 Å². The molecule has 0 saturated carbocycles. The van der Waals surface area contributed by atoms with Gasteiger partial charge in [0.15, 0.2) is 12.0 Å². The second kappa shape index (κ2) is 4.73. The van der Waals surface area contributed by atoms with E-state index < -0.39 is 0 Å². The zero-order chi connectivity index (χ0) is 13.2. The van der Waals surface area contributed by atoms with Crippen molar-refractivity contribution < 1.29 is 0 Å². The molecule has 1 aromatic carbocycles. The first-order valence-electron chi connectivity index (χ1n) is 6.40. The molecule has 5 nitrogen and oxygen atoms in total. The van der Waals surface area contributed by atoms with Crippen LogP contribution in [-0.2, 0) is 0 Å². The van der Waals surface area contributed by atoms with Crippen LogP contribution in [0.1, 0.15) is 18.7 Å². The van der Waals surface area contributed by atoms with Crippen molar-refractivity contribution >= 4 is 0 Å². The summed E-state index contributed by atoms with van der Waals surface area (Å²) >= 11 is 0. The summed E-state index contributed by atoms with van der Waals surface area (Å²) in [5.41, 5.74) is 1.01. The predicted molar refractivity (Wildman–Crippen MR) is 70.9 cm³/mol. The molecule has 0 bridgehead atoms. The molecule has 2 heterocycles. The van der Waals surface area contributed by atoms with Gasteiger partial charge in [-0.1, -0.05) is 37.3 Å². The van der Waals surface area contributed by atoms with E-state index in [1.807, 2.05) is 30.3 Å². The van der Waals surface area contributed by atoms with Crippen molar-refractivity contribution in [2.45, 2.75) is 12.8 Å². The number of benzene rings is 1.